The molecule has 0 bridgehead atoms. The third kappa shape index (κ3) is 4.33. The molecule has 0 unspecified atom stereocenters. The Bertz CT molecular complexity index is 1350. The van der Waals surface area contributed by atoms with Gasteiger partial charge in [0.2, 0.25) is 0 Å². The molecule has 1 aromatic heterocycles. The standard InChI is InChI=1S/C28H26FN3O3/c1-34-25-14-11-20(16-26(25)35-2)27-24-8-5-15-31(24)23-7-4-3-6-21(23)18-32(27)28(33)30-17-19-9-12-22(29)13-10-19/h3-16,27H,17-18H2,1-2H3,(H,30,33)/t27-/m0/s1. The molecule has 1 atom stereocenters. The first-order valence-corrected chi connectivity index (χ1v) is 11.4. The van der Waals surface area contributed by atoms with Crippen molar-refractivity contribution in [1.82, 2.24) is 14.8 Å². The number of urea groups is 1. The largest absolute Gasteiger partial charge is 0.493 e. The Hall–Kier alpha value is -4.26. The maximum absolute atomic E-state index is 13.7. The van der Waals surface area contributed by atoms with Crippen LogP contribution in [-0.2, 0) is 13.1 Å². The van der Waals surface area contributed by atoms with Gasteiger partial charge in [-0.2, -0.15) is 0 Å². The van der Waals surface area contributed by atoms with Crippen molar-refractivity contribution in [3.8, 4) is 17.2 Å². The van der Waals surface area contributed by atoms with Crippen molar-refractivity contribution in [2.45, 2.75) is 19.1 Å². The Morgan fingerprint density at radius 2 is 1.74 bits per heavy atom. The summed E-state index contributed by atoms with van der Waals surface area (Å²) in [5.74, 6) is 0.908. The van der Waals surface area contributed by atoms with E-state index in [4.69, 9.17) is 9.47 Å². The number of benzene rings is 3. The quantitative estimate of drug-likeness (QED) is 0.421. The van der Waals surface area contributed by atoms with E-state index in [1.807, 2.05) is 59.6 Å². The van der Waals surface area contributed by atoms with Crippen molar-refractivity contribution in [2.24, 2.45) is 0 Å². The summed E-state index contributed by atoms with van der Waals surface area (Å²) in [6, 6.07) is 23.3. The number of carbonyl (C=O) groups excluding carboxylic acids is 1. The number of rotatable bonds is 5. The van der Waals surface area contributed by atoms with E-state index in [2.05, 4.69) is 16.0 Å². The van der Waals surface area contributed by atoms with E-state index in [0.717, 1.165) is 28.1 Å². The molecule has 35 heavy (non-hydrogen) atoms. The number of hydrogen-bond donors (Lipinski definition) is 1. The van der Waals surface area contributed by atoms with Crippen molar-refractivity contribution < 1.29 is 18.7 Å². The summed E-state index contributed by atoms with van der Waals surface area (Å²) >= 11 is 0. The van der Waals surface area contributed by atoms with E-state index in [9.17, 15) is 9.18 Å². The minimum absolute atomic E-state index is 0.224. The van der Waals surface area contributed by atoms with E-state index >= 15 is 0 Å². The van der Waals surface area contributed by atoms with Crippen LogP contribution in [-0.4, -0.2) is 29.7 Å². The maximum atomic E-state index is 13.7. The fourth-order valence-electron chi connectivity index (χ4n) is 4.59. The molecule has 1 aliphatic rings. The van der Waals surface area contributed by atoms with E-state index in [-0.39, 0.29) is 24.4 Å². The highest BCUT2D eigenvalue weighted by Gasteiger charge is 2.33. The summed E-state index contributed by atoms with van der Waals surface area (Å²) in [5.41, 5.74) is 4.74. The van der Waals surface area contributed by atoms with Crippen LogP contribution >= 0.6 is 0 Å². The molecular formula is C28H26FN3O3. The summed E-state index contributed by atoms with van der Waals surface area (Å²) in [5, 5.41) is 3.02. The molecule has 2 heterocycles. The van der Waals surface area contributed by atoms with Gasteiger partial charge < -0.3 is 24.3 Å². The zero-order valence-electron chi connectivity index (χ0n) is 19.6. The lowest BCUT2D eigenvalue weighted by atomic mass is 10.0. The zero-order chi connectivity index (χ0) is 24.4. The smallest absolute Gasteiger partial charge is 0.318 e. The predicted molar refractivity (Wildman–Crippen MR) is 131 cm³/mol. The van der Waals surface area contributed by atoms with Crippen molar-refractivity contribution in [3.05, 3.63) is 113 Å². The van der Waals surface area contributed by atoms with E-state index in [1.165, 1.54) is 12.1 Å². The highest BCUT2D eigenvalue weighted by atomic mass is 19.1. The van der Waals surface area contributed by atoms with Crippen LogP contribution in [0.25, 0.3) is 5.69 Å². The Morgan fingerprint density at radius 3 is 2.51 bits per heavy atom. The zero-order valence-corrected chi connectivity index (χ0v) is 19.6. The van der Waals surface area contributed by atoms with Crippen LogP contribution in [0.15, 0.2) is 85.1 Å². The summed E-state index contributed by atoms with van der Waals surface area (Å²) in [4.78, 5) is 15.5. The Kier molecular flexibility index (Phi) is 6.14. The summed E-state index contributed by atoms with van der Waals surface area (Å²) in [7, 11) is 3.20. The van der Waals surface area contributed by atoms with Gasteiger partial charge in [0, 0.05) is 18.4 Å². The minimum Gasteiger partial charge on any atom is -0.493 e. The van der Waals surface area contributed by atoms with Gasteiger partial charge in [-0.1, -0.05) is 36.4 Å². The van der Waals surface area contributed by atoms with E-state index in [1.54, 1.807) is 26.4 Å². The van der Waals surface area contributed by atoms with Gasteiger partial charge in [-0.3, -0.25) is 0 Å². The number of halogens is 1. The first kappa shape index (κ1) is 22.5. The first-order valence-electron chi connectivity index (χ1n) is 11.4. The maximum Gasteiger partial charge on any atom is 0.318 e. The van der Waals surface area contributed by atoms with E-state index < -0.39 is 0 Å². The number of hydrogen-bond acceptors (Lipinski definition) is 3. The van der Waals surface area contributed by atoms with E-state index in [0.29, 0.717) is 18.0 Å². The van der Waals surface area contributed by atoms with Crippen LogP contribution in [0.2, 0.25) is 0 Å². The van der Waals surface area contributed by atoms with Gasteiger partial charge >= 0.3 is 6.03 Å². The molecule has 1 aliphatic heterocycles. The number of amides is 2. The second kappa shape index (κ2) is 9.54. The lowest BCUT2D eigenvalue weighted by molar-refractivity contribution is 0.180. The SMILES string of the molecule is COc1ccc([C@H]2c3cccn3-c3ccccc3CN2C(=O)NCc2ccc(F)cc2)cc1OC. The average Bonchev–Trinajstić information content (AvgIpc) is 3.32. The fraction of sp³-hybridized carbons (Fsp3) is 0.179. The number of methoxy groups -OCH3 is 2. The number of ether oxygens (including phenoxy) is 2. The Balaban J connectivity index is 1.57. The molecule has 5 rings (SSSR count). The van der Waals surface area contributed by atoms with Crippen LogP contribution in [0.4, 0.5) is 9.18 Å². The second-order valence-corrected chi connectivity index (χ2v) is 8.36. The number of carbonyl (C=O) groups is 1. The molecule has 178 valence electrons. The lowest BCUT2D eigenvalue weighted by Gasteiger charge is -2.31. The van der Waals surface area contributed by atoms with Gasteiger partial charge in [-0.05, 0) is 59.2 Å². The van der Waals surface area contributed by atoms with Crippen molar-refractivity contribution >= 4 is 6.03 Å². The molecule has 0 aliphatic carbocycles. The number of fused-ring (bicyclic) bond motifs is 3. The summed E-state index contributed by atoms with van der Waals surface area (Å²) < 4.78 is 26.4. The highest BCUT2D eigenvalue weighted by molar-refractivity contribution is 5.76. The van der Waals surface area contributed by atoms with Crippen LogP contribution in [0.1, 0.15) is 28.4 Å². The summed E-state index contributed by atoms with van der Waals surface area (Å²) in [6.45, 7) is 0.697. The average molecular weight is 472 g/mol. The van der Waals surface area contributed by atoms with Gasteiger partial charge in [-0.25, -0.2) is 9.18 Å². The van der Waals surface area contributed by atoms with Crippen molar-refractivity contribution in [1.29, 1.82) is 0 Å². The molecule has 6 nitrogen and oxygen atoms in total. The number of para-hydroxylation sites is 1. The van der Waals surface area contributed by atoms with Crippen molar-refractivity contribution in [2.75, 3.05) is 14.2 Å². The molecule has 0 radical (unpaired) electrons. The number of nitrogens with zero attached hydrogens (tertiary/aromatic N) is 2. The molecule has 0 saturated carbocycles. The summed E-state index contributed by atoms with van der Waals surface area (Å²) in [6.07, 6.45) is 2.02. The number of nitrogens with one attached hydrogen (secondary N) is 1. The van der Waals surface area contributed by atoms with Crippen LogP contribution < -0.4 is 14.8 Å². The third-order valence-corrected chi connectivity index (χ3v) is 6.31. The van der Waals surface area contributed by atoms with Gasteiger partial charge in [-0.15, -0.1) is 0 Å². The second-order valence-electron chi connectivity index (χ2n) is 8.36. The van der Waals surface area contributed by atoms with Crippen molar-refractivity contribution in [3.63, 3.8) is 0 Å². The molecule has 4 aromatic rings. The molecule has 3 aromatic carbocycles. The van der Waals surface area contributed by atoms with Gasteiger partial charge in [0.25, 0.3) is 0 Å². The van der Waals surface area contributed by atoms with Gasteiger partial charge in [0.05, 0.1) is 32.5 Å². The van der Waals surface area contributed by atoms with Gasteiger partial charge in [0.15, 0.2) is 11.5 Å². The molecule has 0 spiro atoms. The Labute approximate surface area is 203 Å². The number of aromatic nitrogens is 1. The predicted octanol–water partition coefficient (Wildman–Crippen LogP) is 5.45. The minimum atomic E-state index is -0.384. The topological polar surface area (TPSA) is 55.7 Å². The monoisotopic (exact) mass is 471 g/mol. The Morgan fingerprint density at radius 1 is 0.971 bits per heavy atom. The van der Waals surface area contributed by atoms with Crippen LogP contribution in [0, 0.1) is 5.82 Å². The fourth-order valence-corrected chi connectivity index (χ4v) is 4.59. The van der Waals surface area contributed by atoms with Gasteiger partial charge in [0.1, 0.15) is 5.82 Å². The molecule has 1 N–H and O–H groups in total. The third-order valence-electron chi connectivity index (χ3n) is 6.31. The normalized spacial score (nSPS) is 14.5. The van der Waals surface area contributed by atoms with Crippen LogP contribution in [0.3, 0.4) is 0 Å². The molecule has 0 saturated heterocycles. The highest BCUT2D eigenvalue weighted by Crippen LogP contribution is 2.39. The molecule has 7 heteroatoms. The molecule has 2 amide bonds. The molecule has 0 fully saturated rings. The first-order chi connectivity index (χ1) is 17.1. The lowest BCUT2D eigenvalue weighted by Crippen LogP contribution is -2.41. The molecular weight excluding hydrogens is 445 g/mol. The van der Waals surface area contributed by atoms with Crippen LogP contribution in [0.5, 0.6) is 11.5 Å².